The van der Waals surface area contributed by atoms with Crippen molar-refractivity contribution in [1.29, 1.82) is 0 Å². The molecule has 12 heavy (non-hydrogen) atoms. The molecular weight excluding hydrogens is 155 g/mol. The molecule has 0 bridgehead atoms. The van der Waals surface area contributed by atoms with E-state index in [4.69, 9.17) is 0 Å². The summed E-state index contributed by atoms with van der Waals surface area (Å²) < 4.78 is 13.2. The zero-order chi connectivity index (χ0) is 9.14. The summed E-state index contributed by atoms with van der Waals surface area (Å²) in [5.74, 6) is -0.271. The molecule has 0 aromatic heterocycles. The van der Waals surface area contributed by atoms with Crippen molar-refractivity contribution in [3.05, 3.63) is 35.1 Å². The highest BCUT2D eigenvalue weighted by Crippen LogP contribution is 2.12. The maximum absolute atomic E-state index is 13.2. The first-order valence-corrected chi connectivity index (χ1v) is 3.84. The minimum atomic E-state index is -0.257. The average Bonchev–Trinajstić information content (AvgIpc) is 1.98. The molecule has 0 unspecified atom stereocenters. The summed E-state index contributed by atoms with van der Waals surface area (Å²) in [5.41, 5.74) is 1.08. The number of hydrogen-bond donors (Lipinski definition) is 0. The van der Waals surface area contributed by atoms with Gasteiger partial charge in [-0.15, -0.1) is 0 Å². The van der Waals surface area contributed by atoms with Gasteiger partial charge in [-0.05, 0) is 25.0 Å². The monoisotopic (exact) mass is 166 g/mol. The van der Waals surface area contributed by atoms with Crippen molar-refractivity contribution >= 4 is 5.78 Å². The van der Waals surface area contributed by atoms with Gasteiger partial charge in [-0.3, -0.25) is 4.79 Å². The number of carbonyl (C=O) groups excluding carboxylic acids is 1. The number of ketones is 1. The van der Waals surface area contributed by atoms with E-state index in [9.17, 15) is 9.18 Å². The van der Waals surface area contributed by atoms with Crippen LogP contribution in [0, 0.1) is 12.7 Å². The second-order valence-electron chi connectivity index (χ2n) is 2.93. The Bertz CT molecular complexity index is 305. The van der Waals surface area contributed by atoms with E-state index in [2.05, 4.69) is 0 Å². The van der Waals surface area contributed by atoms with E-state index >= 15 is 0 Å². The molecular formula is C10H11FO. The molecule has 1 nitrogen and oxygen atoms in total. The fourth-order valence-electron chi connectivity index (χ4n) is 1.11. The summed E-state index contributed by atoms with van der Waals surface area (Å²) in [5, 5.41) is 0. The first kappa shape index (κ1) is 8.91. The molecule has 2 heteroatoms. The maximum atomic E-state index is 13.2. The summed E-state index contributed by atoms with van der Waals surface area (Å²) in [6, 6.07) is 5.10. The second-order valence-corrected chi connectivity index (χ2v) is 2.93. The lowest BCUT2D eigenvalue weighted by Crippen LogP contribution is -2.00. The van der Waals surface area contributed by atoms with E-state index in [-0.39, 0.29) is 18.0 Å². The Morgan fingerprint density at radius 3 is 2.75 bits per heavy atom. The maximum Gasteiger partial charge on any atom is 0.134 e. The highest BCUT2D eigenvalue weighted by atomic mass is 19.1. The molecule has 1 rings (SSSR count). The molecule has 0 aliphatic carbocycles. The van der Waals surface area contributed by atoms with Gasteiger partial charge in [-0.2, -0.15) is 0 Å². The van der Waals surface area contributed by atoms with Crippen LogP contribution in [-0.4, -0.2) is 5.78 Å². The second kappa shape index (κ2) is 3.48. The van der Waals surface area contributed by atoms with Crippen LogP contribution in [0.15, 0.2) is 18.2 Å². The van der Waals surface area contributed by atoms with Gasteiger partial charge in [-0.25, -0.2) is 4.39 Å². The predicted octanol–water partition coefficient (Wildman–Crippen LogP) is 2.27. The fourth-order valence-corrected chi connectivity index (χ4v) is 1.11. The van der Waals surface area contributed by atoms with Gasteiger partial charge in [0.2, 0.25) is 0 Å². The highest BCUT2D eigenvalue weighted by Gasteiger charge is 2.05. The van der Waals surface area contributed by atoms with Crippen LogP contribution in [0.25, 0.3) is 0 Å². The van der Waals surface area contributed by atoms with Gasteiger partial charge < -0.3 is 0 Å². The lowest BCUT2D eigenvalue weighted by molar-refractivity contribution is -0.116. The van der Waals surface area contributed by atoms with Gasteiger partial charge in [-0.1, -0.05) is 18.2 Å². The first-order chi connectivity index (χ1) is 5.61. The average molecular weight is 166 g/mol. The third-order valence-electron chi connectivity index (χ3n) is 1.71. The number of hydrogen-bond acceptors (Lipinski definition) is 1. The summed E-state index contributed by atoms with van der Waals surface area (Å²) in [7, 11) is 0. The SMILES string of the molecule is CC(=O)Cc1cccc(C)c1F. The van der Waals surface area contributed by atoms with Crippen LogP contribution in [0.3, 0.4) is 0 Å². The van der Waals surface area contributed by atoms with E-state index in [0.717, 1.165) is 0 Å². The lowest BCUT2D eigenvalue weighted by Gasteiger charge is -2.01. The van der Waals surface area contributed by atoms with Crippen molar-refractivity contribution in [1.82, 2.24) is 0 Å². The first-order valence-electron chi connectivity index (χ1n) is 3.84. The molecule has 0 saturated heterocycles. The smallest absolute Gasteiger partial charge is 0.134 e. The molecule has 0 aliphatic heterocycles. The van der Waals surface area contributed by atoms with Crippen molar-refractivity contribution in [3.8, 4) is 0 Å². The molecule has 0 spiro atoms. The van der Waals surface area contributed by atoms with Crippen LogP contribution in [0.5, 0.6) is 0 Å². The van der Waals surface area contributed by atoms with E-state index in [0.29, 0.717) is 11.1 Å². The number of aryl methyl sites for hydroxylation is 1. The number of carbonyl (C=O) groups is 1. The molecule has 0 heterocycles. The molecule has 0 amide bonds. The largest absolute Gasteiger partial charge is 0.300 e. The van der Waals surface area contributed by atoms with Crippen molar-refractivity contribution in [2.45, 2.75) is 20.3 Å². The van der Waals surface area contributed by atoms with Crippen LogP contribution in [0.2, 0.25) is 0 Å². The topological polar surface area (TPSA) is 17.1 Å². The molecule has 0 radical (unpaired) electrons. The molecule has 0 atom stereocenters. The summed E-state index contributed by atoms with van der Waals surface area (Å²) in [6.45, 7) is 3.15. The van der Waals surface area contributed by atoms with Gasteiger partial charge >= 0.3 is 0 Å². The number of rotatable bonds is 2. The van der Waals surface area contributed by atoms with Gasteiger partial charge in [0, 0.05) is 6.42 Å². The van der Waals surface area contributed by atoms with E-state index in [1.54, 1.807) is 25.1 Å². The molecule has 0 saturated carbocycles. The molecule has 1 aromatic carbocycles. The van der Waals surface area contributed by atoms with Crippen LogP contribution >= 0.6 is 0 Å². The molecule has 64 valence electrons. The fraction of sp³-hybridized carbons (Fsp3) is 0.300. The van der Waals surface area contributed by atoms with E-state index in [1.807, 2.05) is 0 Å². The Morgan fingerprint density at radius 1 is 1.50 bits per heavy atom. The van der Waals surface area contributed by atoms with Crippen molar-refractivity contribution in [2.24, 2.45) is 0 Å². The van der Waals surface area contributed by atoms with E-state index < -0.39 is 0 Å². The Labute approximate surface area is 71.2 Å². The van der Waals surface area contributed by atoms with Gasteiger partial charge in [0.15, 0.2) is 0 Å². The Balaban J connectivity index is 3.00. The molecule has 1 aromatic rings. The van der Waals surface area contributed by atoms with Crippen LogP contribution < -0.4 is 0 Å². The zero-order valence-electron chi connectivity index (χ0n) is 7.23. The Morgan fingerprint density at radius 2 is 2.17 bits per heavy atom. The summed E-state index contributed by atoms with van der Waals surface area (Å²) >= 11 is 0. The molecule has 0 fully saturated rings. The molecule has 0 N–H and O–H groups in total. The zero-order valence-corrected chi connectivity index (χ0v) is 7.23. The minimum Gasteiger partial charge on any atom is -0.300 e. The Kier molecular flexibility index (Phi) is 2.58. The number of halogens is 1. The third-order valence-corrected chi connectivity index (χ3v) is 1.71. The van der Waals surface area contributed by atoms with Gasteiger partial charge in [0.05, 0.1) is 0 Å². The number of benzene rings is 1. The Hall–Kier alpha value is -1.18. The van der Waals surface area contributed by atoms with Gasteiger partial charge in [0.25, 0.3) is 0 Å². The van der Waals surface area contributed by atoms with Crippen LogP contribution in [-0.2, 0) is 11.2 Å². The van der Waals surface area contributed by atoms with Crippen molar-refractivity contribution in [3.63, 3.8) is 0 Å². The van der Waals surface area contributed by atoms with Crippen LogP contribution in [0.4, 0.5) is 4.39 Å². The summed E-state index contributed by atoms with van der Waals surface area (Å²) in [6.07, 6.45) is 0.188. The van der Waals surface area contributed by atoms with Crippen LogP contribution in [0.1, 0.15) is 18.1 Å². The predicted molar refractivity (Wildman–Crippen MR) is 45.5 cm³/mol. The van der Waals surface area contributed by atoms with Crippen molar-refractivity contribution < 1.29 is 9.18 Å². The third kappa shape index (κ3) is 1.91. The lowest BCUT2D eigenvalue weighted by atomic mass is 10.1. The molecule has 0 aliphatic rings. The van der Waals surface area contributed by atoms with E-state index in [1.165, 1.54) is 6.92 Å². The summed E-state index contributed by atoms with van der Waals surface area (Å²) in [4.78, 5) is 10.7. The van der Waals surface area contributed by atoms with Crippen molar-refractivity contribution in [2.75, 3.05) is 0 Å². The quantitative estimate of drug-likeness (QED) is 0.658. The minimum absolute atomic E-state index is 0.0144. The highest BCUT2D eigenvalue weighted by molar-refractivity contribution is 5.78. The standard InChI is InChI=1S/C10H11FO/c1-7-4-3-5-9(10(7)11)6-8(2)12/h3-5H,6H2,1-2H3. The normalized spacial score (nSPS) is 9.92. The number of Topliss-reactive ketones (excluding diaryl/α,β-unsaturated/α-hetero) is 1. The van der Waals surface area contributed by atoms with Gasteiger partial charge in [0.1, 0.15) is 11.6 Å².